The molecule has 0 saturated carbocycles. The van der Waals surface area contributed by atoms with Gasteiger partial charge in [0.1, 0.15) is 0 Å². The first-order chi connectivity index (χ1) is 14.3. The molecule has 0 fully saturated rings. The highest BCUT2D eigenvalue weighted by Gasteiger charge is 2.37. The fraction of sp³-hybridized carbons (Fsp3) is 0.300. The number of halogens is 6. The van der Waals surface area contributed by atoms with Crippen LogP contribution in [0.5, 0.6) is 0 Å². The SMILES string of the molecule is O=C(O)CCc1ccc(Sc2ccc(CCC(=O)O)cc2C(F)(F)F)c(C(F)(F)F)c1. The van der Waals surface area contributed by atoms with Crippen LogP contribution in [-0.2, 0) is 34.8 Å². The summed E-state index contributed by atoms with van der Waals surface area (Å²) in [6.07, 6.45) is -10.8. The molecule has 4 nitrogen and oxygen atoms in total. The lowest BCUT2D eigenvalue weighted by Crippen LogP contribution is -2.10. The predicted molar refractivity (Wildman–Crippen MR) is 98.9 cm³/mol. The number of hydrogen-bond acceptors (Lipinski definition) is 3. The minimum atomic E-state index is -4.86. The van der Waals surface area contributed by atoms with Crippen molar-refractivity contribution in [2.24, 2.45) is 0 Å². The first-order valence-corrected chi connectivity index (χ1v) is 9.60. The molecule has 0 heterocycles. The highest BCUT2D eigenvalue weighted by atomic mass is 32.2. The van der Waals surface area contributed by atoms with E-state index in [2.05, 4.69) is 0 Å². The minimum absolute atomic E-state index is 0.0964. The third-order valence-corrected chi connectivity index (χ3v) is 5.33. The van der Waals surface area contributed by atoms with Crippen LogP contribution < -0.4 is 0 Å². The van der Waals surface area contributed by atoms with Gasteiger partial charge in [0.05, 0.1) is 11.1 Å². The summed E-state index contributed by atoms with van der Waals surface area (Å²) in [5.41, 5.74) is -2.13. The summed E-state index contributed by atoms with van der Waals surface area (Å²) in [5, 5.41) is 17.4. The summed E-state index contributed by atoms with van der Waals surface area (Å²) in [4.78, 5) is 20.4. The Hall–Kier alpha value is -2.69. The van der Waals surface area contributed by atoms with Crippen LogP contribution in [0.3, 0.4) is 0 Å². The quantitative estimate of drug-likeness (QED) is 0.473. The van der Waals surface area contributed by atoms with Crippen molar-refractivity contribution in [3.63, 3.8) is 0 Å². The van der Waals surface area contributed by atoms with Gasteiger partial charge in [-0.05, 0) is 48.2 Å². The van der Waals surface area contributed by atoms with Crippen LogP contribution >= 0.6 is 11.8 Å². The number of hydrogen-bond donors (Lipinski definition) is 2. The maximum atomic E-state index is 13.5. The Labute approximate surface area is 176 Å². The number of carboxylic acid groups (broad SMARTS) is 2. The van der Waals surface area contributed by atoms with E-state index in [1.165, 1.54) is 12.1 Å². The third kappa shape index (κ3) is 7.20. The summed E-state index contributed by atoms with van der Waals surface area (Å²) < 4.78 is 81.0. The van der Waals surface area contributed by atoms with Crippen molar-refractivity contribution in [1.29, 1.82) is 0 Å². The second-order valence-electron chi connectivity index (χ2n) is 6.55. The molecule has 0 aliphatic rings. The number of aryl methyl sites for hydroxylation is 2. The zero-order valence-corrected chi connectivity index (χ0v) is 16.5. The maximum absolute atomic E-state index is 13.5. The zero-order chi connectivity index (χ0) is 23.4. The molecule has 0 aliphatic carbocycles. The molecule has 0 aliphatic heterocycles. The molecule has 0 aromatic heterocycles. The summed E-state index contributed by atoms with van der Waals surface area (Å²) in [7, 11) is 0. The number of alkyl halides is 6. The molecule has 2 aromatic carbocycles. The van der Waals surface area contributed by atoms with Gasteiger partial charge in [-0.1, -0.05) is 23.9 Å². The Bertz CT molecular complexity index is 892. The molecule has 0 radical (unpaired) electrons. The zero-order valence-electron chi connectivity index (χ0n) is 15.7. The van der Waals surface area contributed by atoms with Gasteiger partial charge >= 0.3 is 24.3 Å². The lowest BCUT2D eigenvalue weighted by molar-refractivity contribution is -0.140. The number of carbonyl (C=O) groups is 2. The first kappa shape index (κ1) is 24.6. The van der Waals surface area contributed by atoms with Crippen LogP contribution in [-0.4, -0.2) is 22.2 Å². The minimum Gasteiger partial charge on any atom is -0.481 e. The van der Waals surface area contributed by atoms with Crippen molar-refractivity contribution in [2.45, 2.75) is 47.8 Å². The fourth-order valence-electron chi connectivity index (χ4n) is 2.71. The van der Waals surface area contributed by atoms with E-state index >= 15 is 0 Å². The van der Waals surface area contributed by atoms with E-state index in [1.54, 1.807) is 0 Å². The number of benzene rings is 2. The van der Waals surface area contributed by atoms with E-state index in [0.717, 1.165) is 24.3 Å². The van der Waals surface area contributed by atoms with Crippen LogP contribution in [0.25, 0.3) is 0 Å². The molecule has 0 bridgehead atoms. The van der Waals surface area contributed by atoms with Gasteiger partial charge in [-0.3, -0.25) is 9.59 Å². The van der Waals surface area contributed by atoms with Gasteiger partial charge in [0, 0.05) is 22.6 Å². The highest BCUT2D eigenvalue weighted by Crippen LogP contribution is 2.44. The highest BCUT2D eigenvalue weighted by molar-refractivity contribution is 7.99. The molecule has 0 spiro atoms. The van der Waals surface area contributed by atoms with Gasteiger partial charge in [-0.25, -0.2) is 0 Å². The smallest absolute Gasteiger partial charge is 0.417 e. The van der Waals surface area contributed by atoms with Crippen molar-refractivity contribution in [3.8, 4) is 0 Å². The third-order valence-electron chi connectivity index (χ3n) is 4.17. The van der Waals surface area contributed by atoms with E-state index in [9.17, 15) is 35.9 Å². The monoisotopic (exact) mass is 466 g/mol. The Morgan fingerprint density at radius 1 is 0.710 bits per heavy atom. The predicted octanol–water partition coefficient (Wildman–Crippen LogP) is 5.91. The number of carboxylic acids is 2. The maximum Gasteiger partial charge on any atom is 0.417 e. The molecule has 0 unspecified atom stereocenters. The van der Waals surface area contributed by atoms with E-state index in [1.807, 2.05) is 0 Å². The van der Waals surface area contributed by atoms with Gasteiger partial charge < -0.3 is 10.2 Å². The molecular formula is C20H16F6O4S. The Morgan fingerprint density at radius 3 is 1.35 bits per heavy atom. The van der Waals surface area contributed by atoms with Crippen LogP contribution in [0.15, 0.2) is 46.2 Å². The van der Waals surface area contributed by atoms with E-state index in [-0.39, 0.29) is 48.6 Å². The van der Waals surface area contributed by atoms with E-state index in [4.69, 9.17) is 10.2 Å². The van der Waals surface area contributed by atoms with E-state index in [0.29, 0.717) is 0 Å². The molecule has 2 aromatic rings. The van der Waals surface area contributed by atoms with Crippen molar-refractivity contribution in [1.82, 2.24) is 0 Å². The lowest BCUT2D eigenvalue weighted by Gasteiger charge is -2.17. The molecule has 168 valence electrons. The van der Waals surface area contributed by atoms with Crippen molar-refractivity contribution in [3.05, 3.63) is 58.7 Å². The average molecular weight is 466 g/mol. The molecular weight excluding hydrogens is 450 g/mol. The average Bonchev–Trinajstić information content (AvgIpc) is 2.64. The lowest BCUT2D eigenvalue weighted by atomic mass is 10.1. The molecule has 0 saturated heterocycles. The van der Waals surface area contributed by atoms with Gasteiger partial charge in [0.25, 0.3) is 0 Å². The van der Waals surface area contributed by atoms with Crippen LogP contribution in [0.4, 0.5) is 26.3 Å². The van der Waals surface area contributed by atoms with Crippen LogP contribution in [0.2, 0.25) is 0 Å². The summed E-state index contributed by atoms with van der Waals surface area (Å²) >= 11 is 0.288. The van der Waals surface area contributed by atoms with Gasteiger partial charge in [-0.2, -0.15) is 26.3 Å². The normalized spacial score (nSPS) is 12.1. The molecule has 2 N–H and O–H groups in total. The fourth-order valence-corrected chi connectivity index (χ4v) is 3.79. The van der Waals surface area contributed by atoms with Crippen molar-refractivity contribution < 1.29 is 46.1 Å². The molecule has 11 heteroatoms. The Balaban J connectivity index is 2.44. The van der Waals surface area contributed by atoms with Crippen molar-refractivity contribution >= 4 is 23.7 Å². The number of aliphatic carboxylic acids is 2. The molecule has 2 rings (SSSR count). The van der Waals surface area contributed by atoms with Gasteiger partial charge in [0.2, 0.25) is 0 Å². The van der Waals surface area contributed by atoms with Gasteiger partial charge in [-0.15, -0.1) is 0 Å². The topological polar surface area (TPSA) is 74.6 Å². The Morgan fingerprint density at radius 2 is 1.06 bits per heavy atom. The summed E-state index contributed by atoms with van der Waals surface area (Å²) in [5.74, 6) is -2.38. The second-order valence-corrected chi connectivity index (χ2v) is 7.63. The van der Waals surface area contributed by atoms with E-state index < -0.39 is 45.2 Å². The molecule has 0 amide bonds. The molecule has 31 heavy (non-hydrogen) atoms. The second kappa shape index (κ2) is 9.63. The van der Waals surface area contributed by atoms with Crippen molar-refractivity contribution in [2.75, 3.05) is 0 Å². The largest absolute Gasteiger partial charge is 0.481 e. The van der Waals surface area contributed by atoms with Gasteiger partial charge in [0.15, 0.2) is 0 Å². The molecule has 0 atom stereocenters. The Kier molecular flexibility index (Phi) is 7.63. The summed E-state index contributed by atoms with van der Waals surface area (Å²) in [6, 6.07) is 6.00. The standard InChI is InChI=1S/C20H16F6O4S/c21-19(22,23)13-9-11(3-7-17(27)28)1-5-15(13)31-16-6-2-12(4-8-18(29)30)10-14(16)20(24,25)26/h1-2,5-6,9-10H,3-4,7-8H2,(H,27,28)(H,29,30). The van der Waals surface area contributed by atoms with Crippen LogP contribution in [0.1, 0.15) is 35.1 Å². The summed E-state index contributed by atoms with van der Waals surface area (Å²) in [6.45, 7) is 0. The van der Waals surface area contributed by atoms with Crippen LogP contribution in [0, 0.1) is 0 Å². The first-order valence-electron chi connectivity index (χ1n) is 8.79. The number of rotatable bonds is 8.